The Bertz CT molecular complexity index is 492. The molecule has 0 aliphatic rings. The monoisotopic (exact) mass is 226 g/mol. The van der Waals surface area contributed by atoms with Crippen LogP contribution in [0.5, 0.6) is 0 Å². The Balaban J connectivity index is 2.17. The number of nitrogens with one attached hydrogen (secondary N) is 1. The van der Waals surface area contributed by atoms with Gasteiger partial charge >= 0.3 is 0 Å². The van der Waals surface area contributed by atoms with E-state index in [9.17, 15) is 0 Å². The summed E-state index contributed by atoms with van der Waals surface area (Å²) < 4.78 is 0. The van der Waals surface area contributed by atoms with Crippen molar-refractivity contribution >= 4 is 5.69 Å². The zero-order valence-electron chi connectivity index (χ0n) is 10.6. The van der Waals surface area contributed by atoms with Gasteiger partial charge in [-0.15, -0.1) is 0 Å². The van der Waals surface area contributed by atoms with Gasteiger partial charge in [0.1, 0.15) is 0 Å². The molecule has 2 rings (SSSR count). The highest BCUT2D eigenvalue weighted by atomic mass is 14.9. The van der Waals surface area contributed by atoms with E-state index < -0.39 is 0 Å². The van der Waals surface area contributed by atoms with Crippen molar-refractivity contribution in [3.63, 3.8) is 0 Å². The number of nitrogens with zero attached hydrogens (tertiary/aromatic N) is 1. The Morgan fingerprint density at radius 3 is 2.65 bits per heavy atom. The summed E-state index contributed by atoms with van der Waals surface area (Å²) in [5.41, 5.74) is 5.02. The number of pyridine rings is 1. The highest BCUT2D eigenvalue weighted by molar-refractivity contribution is 5.44. The van der Waals surface area contributed by atoms with Gasteiger partial charge in [-0.25, -0.2) is 0 Å². The summed E-state index contributed by atoms with van der Waals surface area (Å²) in [6.45, 7) is 6.45. The fourth-order valence-corrected chi connectivity index (χ4v) is 2.09. The number of aromatic nitrogens is 1. The first-order valence-electron chi connectivity index (χ1n) is 5.90. The van der Waals surface area contributed by atoms with Crippen molar-refractivity contribution in [3.05, 3.63) is 59.4 Å². The van der Waals surface area contributed by atoms with Crippen molar-refractivity contribution < 1.29 is 0 Å². The Labute approximate surface area is 103 Å². The molecule has 0 radical (unpaired) electrons. The molecule has 2 nitrogen and oxygen atoms in total. The second-order valence-electron chi connectivity index (χ2n) is 4.47. The predicted molar refractivity (Wildman–Crippen MR) is 72.2 cm³/mol. The number of rotatable bonds is 3. The van der Waals surface area contributed by atoms with Crippen molar-refractivity contribution in [1.29, 1.82) is 0 Å². The third-order valence-electron chi connectivity index (χ3n) is 2.94. The number of hydrogen-bond acceptors (Lipinski definition) is 2. The van der Waals surface area contributed by atoms with Crippen LogP contribution in [0.3, 0.4) is 0 Å². The van der Waals surface area contributed by atoms with Crippen LogP contribution in [0.1, 0.15) is 29.7 Å². The minimum Gasteiger partial charge on any atom is -0.377 e. The van der Waals surface area contributed by atoms with E-state index in [0.29, 0.717) is 6.04 Å². The fourth-order valence-electron chi connectivity index (χ4n) is 2.09. The number of benzene rings is 1. The Kier molecular flexibility index (Phi) is 3.43. The molecule has 0 aliphatic heterocycles. The molecule has 1 aromatic heterocycles. The van der Waals surface area contributed by atoms with E-state index in [-0.39, 0.29) is 0 Å². The highest BCUT2D eigenvalue weighted by Crippen LogP contribution is 2.22. The van der Waals surface area contributed by atoms with Crippen molar-refractivity contribution in [2.24, 2.45) is 0 Å². The standard InChI is InChI=1S/C15H18N2/c1-11-6-7-15(12(2)9-11)13(3)17-14-5-4-8-16-10-14/h4-10,13,17H,1-3H3. The predicted octanol–water partition coefficient (Wildman–Crippen LogP) is 3.87. The first kappa shape index (κ1) is 11.6. The van der Waals surface area contributed by atoms with E-state index in [1.807, 2.05) is 18.3 Å². The second-order valence-corrected chi connectivity index (χ2v) is 4.47. The van der Waals surface area contributed by atoms with E-state index in [1.54, 1.807) is 6.20 Å². The molecule has 17 heavy (non-hydrogen) atoms. The molecule has 1 heterocycles. The van der Waals surface area contributed by atoms with E-state index in [0.717, 1.165) is 5.69 Å². The van der Waals surface area contributed by atoms with Gasteiger partial charge in [-0.1, -0.05) is 23.8 Å². The molecule has 0 bridgehead atoms. The van der Waals surface area contributed by atoms with E-state index >= 15 is 0 Å². The van der Waals surface area contributed by atoms with Gasteiger partial charge in [0.25, 0.3) is 0 Å². The number of hydrogen-bond donors (Lipinski definition) is 1. The van der Waals surface area contributed by atoms with Gasteiger partial charge in [0.05, 0.1) is 5.69 Å². The average molecular weight is 226 g/mol. The van der Waals surface area contributed by atoms with Crippen molar-refractivity contribution in [2.45, 2.75) is 26.8 Å². The number of aryl methyl sites for hydroxylation is 2. The smallest absolute Gasteiger partial charge is 0.0531 e. The van der Waals surface area contributed by atoms with Crippen LogP contribution in [0.4, 0.5) is 5.69 Å². The molecule has 1 N–H and O–H groups in total. The molecule has 0 saturated heterocycles. The van der Waals surface area contributed by atoms with Crippen LogP contribution < -0.4 is 5.32 Å². The topological polar surface area (TPSA) is 24.9 Å². The normalized spacial score (nSPS) is 12.2. The molecule has 0 amide bonds. The third-order valence-corrected chi connectivity index (χ3v) is 2.94. The molecule has 1 atom stereocenters. The molecule has 0 aliphatic carbocycles. The lowest BCUT2D eigenvalue weighted by Crippen LogP contribution is -2.08. The Hall–Kier alpha value is -1.83. The van der Waals surface area contributed by atoms with Crippen molar-refractivity contribution in [2.75, 3.05) is 5.32 Å². The number of anilines is 1. The summed E-state index contributed by atoms with van der Waals surface area (Å²) in [5, 5.41) is 3.46. The summed E-state index contributed by atoms with van der Waals surface area (Å²) in [6.07, 6.45) is 3.63. The Morgan fingerprint density at radius 1 is 1.18 bits per heavy atom. The molecular weight excluding hydrogens is 208 g/mol. The van der Waals surface area contributed by atoms with Gasteiger partial charge < -0.3 is 5.32 Å². The van der Waals surface area contributed by atoms with Crippen LogP contribution >= 0.6 is 0 Å². The highest BCUT2D eigenvalue weighted by Gasteiger charge is 2.07. The molecule has 2 aromatic rings. The van der Waals surface area contributed by atoms with Crippen LogP contribution in [-0.2, 0) is 0 Å². The van der Waals surface area contributed by atoms with E-state index in [4.69, 9.17) is 0 Å². The van der Waals surface area contributed by atoms with Gasteiger partial charge in [-0.05, 0) is 44.0 Å². The van der Waals surface area contributed by atoms with Gasteiger partial charge in [0.15, 0.2) is 0 Å². The lowest BCUT2D eigenvalue weighted by atomic mass is 10.0. The first-order chi connectivity index (χ1) is 8.16. The zero-order chi connectivity index (χ0) is 12.3. The van der Waals surface area contributed by atoms with Gasteiger partial charge in [-0.2, -0.15) is 0 Å². The largest absolute Gasteiger partial charge is 0.377 e. The molecule has 2 heteroatoms. The molecule has 88 valence electrons. The summed E-state index contributed by atoms with van der Waals surface area (Å²) >= 11 is 0. The molecule has 1 unspecified atom stereocenters. The molecule has 0 saturated carbocycles. The first-order valence-corrected chi connectivity index (χ1v) is 5.90. The minimum absolute atomic E-state index is 0.291. The SMILES string of the molecule is Cc1ccc(C(C)Nc2cccnc2)c(C)c1. The molecule has 0 fully saturated rings. The van der Waals surface area contributed by atoms with Crippen LogP contribution in [0.15, 0.2) is 42.7 Å². The summed E-state index contributed by atoms with van der Waals surface area (Å²) in [7, 11) is 0. The molecule has 0 spiro atoms. The minimum atomic E-state index is 0.291. The summed E-state index contributed by atoms with van der Waals surface area (Å²) in [5.74, 6) is 0. The zero-order valence-corrected chi connectivity index (χ0v) is 10.6. The van der Waals surface area contributed by atoms with Crippen LogP contribution in [0.25, 0.3) is 0 Å². The average Bonchev–Trinajstić information content (AvgIpc) is 2.30. The van der Waals surface area contributed by atoms with Crippen molar-refractivity contribution in [3.8, 4) is 0 Å². The van der Waals surface area contributed by atoms with Gasteiger partial charge in [0.2, 0.25) is 0 Å². The van der Waals surface area contributed by atoms with E-state index in [1.165, 1.54) is 16.7 Å². The quantitative estimate of drug-likeness (QED) is 0.859. The second kappa shape index (κ2) is 5.00. The van der Waals surface area contributed by atoms with Crippen LogP contribution in [-0.4, -0.2) is 4.98 Å². The van der Waals surface area contributed by atoms with Crippen molar-refractivity contribution in [1.82, 2.24) is 4.98 Å². The maximum atomic E-state index is 4.11. The maximum absolute atomic E-state index is 4.11. The van der Waals surface area contributed by atoms with E-state index in [2.05, 4.69) is 49.3 Å². The summed E-state index contributed by atoms with van der Waals surface area (Å²) in [4.78, 5) is 4.11. The molecule has 1 aromatic carbocycles. The lowest BCUT2D eigenvalue weighted by molar-refractivity contribution is 0.871. The molecular formula is C15H18N2. The fraction of sp³-hybridized carbons (Fsp3) is 0.267. The van der Waals surface area contributed by atoms with Gasteiger partial charge in [0, 0.05) is 18.4 Å². The lowest BCUT2D eigenvalue weighted by Gasteiger charge is -2.18. The maximum Gasteiger partial charge on any atom is 0.0531 e. The third kappa shape index (κ3) is 2.84. The van der Waals surface area contributed by atoms with Crippen LogP contribution in [0.2, 0.25) is 0 Å². The van der Waals surface area contributed by atoms with Gasteiger partial charge in [-0.3, -0.25) is 4.98 Å². The van der Waals surface area contributed by atoms with Crippen LogP contribution in [0, 0.1) is 13.8 Å². The summed E-state index contributed by atoms with van der Waals surface area (Å²) in [6, 6.07) is 10.8. The Morgan fingerprint density at radius 2 is 2.00 bits per heavy atom.